The summed E-state index contributed by atoms with van der Waals surface area (Å²) < 4.78 is 5.06. The molecule has 0 aromatic carbocycles. The number of carbonyl (C=O) groups excluding carboxylic acids is 1. The molecule has 0 aromatic heterocycles. The summed E-state index contributed by atoms with van der Waals surface area (Å²) in [6, 6.07) is 0. The zero-order valence-corrected chi connectivity index (χ0v) is 14.0. The molecule has 21 heavy (non-hydrogen) atoms. The van der Waals surface area contributed by atoms with Gasteiger partial charge >= 0.3 is 5.97 Å². The van der Waals surface area contributed by atoms with Gasteiger partial charge in [0.15, 0.2) is 0 Å². The van der Waals surface area contributed by atoms with Crippen LogP contribution in [-0.2, 0) is 9.53 Å². The van der Waals surface area contributed by atoms with Gasteiger partial charge in [-0.05, 0) is 51.5 Å². The summed E-state index contributed by atoms with van der Waals surface area (Å²) in [6.07, 6.45) is 6.54. The van der Waals surface area contributed by atoms with Gasteiger partial charge in [0, 0.05) is 6.54 Å². The third-order valence-electron chi connectivity index (χ3n) is 4.38. The van der Waals surface area contributed by atoms with Crippen LogP contribution in [0.25, 0.3) is 0 Å². The smallest absolute Gasteiger partial charge is 0.308 e. The first-order chi connectivity index (χ1) is 9.97. The van der Waals surface area contributed by atoms with Gasteiger partial charge in [0.25, 0.3) is 0 Å². The van der Waals surface area contributed by atoms with E-state index in [1.54, 1.807) is 0 Å². The Labute approximate surface area is 129 Å². The number of unbranched alkanes of at least 4 members (excludes halogenated alkanes) is 1. The largest absolute Gasteiger partial charge is 0.466 e. The summed E-state index contributed by atoms with van der Waals surface area (Å²) in [7, 11) is 0. The standard InChI is InChI=1S/C17H33NO3/c1-4-21-16(19)15-8-10-17(20,11-9-15)13-18-12-6-5-7-14(2)3/h14-15,18,20H,4-13H2,1-3H3. The van der Waals surface area contributed by atoms with Gasteiger partial charge in [-0.1, -0.05) is 26.7 Å². The first-order valence-corrected chi connectivity index (χ1v) is 8.56. The molecule has 0 atom stereocenters. The first-order valence-electron chi connectivity index (χ1n) is 8.56. The van der Waals surface area contributed by atoms with E-state index < -0.39 is 5.60 Å². The second kappa shape index (κ2) is 9.42. The zero-order chi connectivity index (χ0) is 15.7. The molecule has 1 fully saturated rings. The van der Waals surface area contributed by atoms with Crippen molar-refractivity contribution in [1.29, 1.82) is 0 Å². The van der Waals surface area contributed by atoms with Crippen LogP contribution in [0.2, 0.25) is 0 Å². The molecule has 4 nitrogen and oxygen atoms in total. The van der Waals surface area contributed by atoms with Crippen molar-refractivity contribution in [1.82, 2.24) is 5.32 Å². The minimum atomic E-state index is -0.638. The summed E-state index contributed by atoms with van der Waals surface area (Å²) in [5.41, 5.74) is -0.638. The topological polar surface area (TPSA) is 58.6 Å². The predicted octanol–water partition coefficient (Wildman–Crippen LogP) is 2.89. The van der Waals surface area contributed by atoms with E-state index in [1.807, 2.05) is 6.92 Å². The highest BCUT2D eigenvalue weighted by Crippen LogP contribution is 2.32. The molecular formula is C17H33NO3. The Morgan fingerprint density at radius 3 is 2.57 bits per heavy atom. The molecule has 4 heteroatoms. The summed E-state index contributed by atoms with van der Waals surface area (Å²) in [5.74, 6) is 0.657. The maximum Gasteiger partial charge on any atom is 0.308 e. The van der Waals surface area contributed by atoms with Gasteiger partial charge < -0.3 is 15.2 Å². The molecule has 0 heterocycles. The van der Waals surface area contributed by atoms with Crippen LogP contribution in [0.3, 0.4) is 0 Å². The van der Waals surface area contributed by atoms with E-state index in [1.165, 1.54) is 19.3 Å². The van der Waals surface area contributed by atoms with Crippen molar-refractivity contribution in [2.24, 2.45) is 11.8 Å². The Morgan fingerprint density at radius 2 is 2.00 bits per heavy atom. The van der Waals surface area contributed by atoms with E-state index in [4.69, 9.17) is 4.74 Å². The number of rotatable bonds is 9. The van der Waals surface area contributed by atoms with Crippen molar-refractivity contribution < 1.29 is 14.6 Å². The maximum atomic E-state index is 11.7. The van der Waals surface area contributed by atoms with Gasteiger partial charge in [0.1, 0.15) is 0 Å². The fraction of sp³-hybridized carbons (Fsp3) is 0.941. The number of hydrogen-bond donors (Lipinski definition) is 2. The van der Waals surface area contributed by atoms with E-state index in [0.717, 1.165) is 25.3 Å². The normalized spacial score (nSPS) is 26.0. The van der Waals surface area contributed by atoms with Gasteiger partial charge in [-0.25, -0.2) is 0 Å². The minimum Gasteiger partial charge on any atom is -0.466 e. The SMILES string of the molecule is CCOC(=O)C1CCC(O)(CNCCCCC(C)C)CC1. The second-order valence-electron chi connectivity index (χ2n) is 6.82. The Bertz CT molecular complexity index is 296. The molecule has 1 saturated carbocycles. The number of nitrogens with one attached hydrogen (secondary N) is 1. The molecular weight excluding hydrogens is 266 g/mol. The molecule has 1 aliphatic carbocycles. The maximum absolute atomic E-state index is 11.7. The van der Waals surface area contributed by atoms with E-state index in [9.17, 15) is 9.90 Å². The summed E-state index contributed by atoms with van der Waals surface area (Å²) in [5, 5.41) is 13.9. The number of aliphatic hydroxyl groups is 1. The molecule has 0 amide bonds. The third kappa shape index (κ3) is 7.28. The lowest BCUT2D eigenvalue weighted by Gasteiger charge is -2.35. The molecule has 1 aliphatic rings. The molecule has 1 rings (SSSR count). The van der Waals surface area contributed by atoms with Crippen LogP contribution in [0.5, 0.6) is 0 Å². The summed E-state index contributed by atoms with van der Waals surface area (Å²) >= 11 is 0. The molecule has 0 saturated heterocycles. The van der Waals surface area contributed by atoms with Crippen molar-refractivity contribution in [3.8, 4) is 0 Å². The van der Waals surface area contributed by atoms with E-state index >= 15 is 0 Å². The number of hydrogen-bond acceptors (Lipinski definition) is 4. The van der Waals surface area contributed by atoms with Crippen LogP contribution in [0.1, 0.15) is 65.7 Å². The monoisotopic (exact) mass is 299 g/mol. The van der Waals surface area contributed by atoms with Crippen molar-refractivity contribution in [3.05, 3.63) is 0 Å². The fourth-order valence-corrected chi connectivity index (χ4v) is 2.95. The quantitative estimate of drug-likeness (QED) is 0.508. The van der Waals surface area contributed by atoms with Gasteiger partial charge in [-0.2, -0.15) is 0 Å². The van der Waals surface area contributed by atoms with Gasteiger partial charge in [-0.15, -0.1) is 0 Å². The number of ether oxygens (including phenoxy) is 1. The third-order valence-corrected chi connectivity index (χ3v) is 4.38. The molecule has 0 radical (unpaired) electrons. The lowest BCUT2D eigenvalue weighted by Crippen LogP contribution is -2.44. The molecule has 0 bridgehead atoms. The summed E-state index contributed by atoms with van der Waals surface area (Å²) in [6.45, 7) is 8.38. The molecule has 0 spiro atoms. The lowest BCUT2D eigenvalue weighted by molar-refractivity contribution is -0.151. The highest BCUT2D eigenvalue weighted by Gasteiger charge is 2.35. The van der Waals surface area contributed by atoms with Crippen molar-refractivity contribution >= 4 is 5.97 Å². The molecule has 2 N–H and O–H groups in total. The Kier molecular flexibility index (Phi) is 8.27. The van der Waals surface area contributed by atoms with Crippen molar-refractivity contribution in [2.75, 3.05) is 19.7 Å². The Hall–Kier alpha value is -0.610. The average molecular weight is 299 g/mol. The van der Waals surface area contributed by atoms with Crippen LogP contribution in [0.15, 0.2) is 0 Å². The second-order valence-corrected chi connectivity index (χ2v) is 6.82. The predicted molar refractivity (Wildman–Crippen MR) is 85.1 cm³/mol. The minimum absolute atomic E-state index is 0.0173. The zero-order valence-electron chi connectivity index (χ0n) is 14.0. The van der Waals surface area contributed by atoms with E-state index in [-0.39, 0.29) is 11.9 Å². The van der Waals surface area contributed by atoms with Crippen LogP contribution < -0.4 is 5.32 Å². The van der Waals surface area contributed by atoms with Gasteiger partial charge in [0.05, 0.1) is 18.1 Å². The van der Waals surface area contributed by atoms with Crippen LogP contribution >= 0.6 is 0 Å². The first kappa shape index (κ1) is 18.4. The Morgan fingerprint density at radius 1 is 1.33 bits per heavy atom. The van der Waals surface area contributed by atoms with E-state index in [2.05, 4.69) is 19.2 Å². The van der Waals surface area contributed by atoms with Crippen molar-refractivity contribution in [2.45, 2.75) is 71.3 Å². The number of esters is 1. The average Bonchev–Trinajstić information content (AvgIpc) is 2.43. The van der Waals surface area contributed by atoms with Gasteiger partial charge in [-0.3, -0.25) is 4.79 Å². The van der Waals surface area contributed by atoms with Crippen LogP contribution in [0.4, 0.5) is 0 Å². The lowest BCUT2D eigenvalue weighted by atomic mass is 9.79. The fourth-order valence-electron chi connectivity index (χ4n) is 2.95. The van der Waals surface area contributed by atoms with Gasteiger partial charge in [0.2, 0.25) is 0 Å². The number of carbonyl (C=O) groups is 1. The Balaban J connectivity index is 2.14. The van der Waals surface area contributed by atoms with Crippen LogP contribution in [0, 0.1) is 11.8 Å². The van der Waals surface area contributed by atoms with E-state index in [0.29, 0.717) is 26.0 Å². The highest BCUT2D eigenvalue weighted by molar-refractivity contribution is 5.72. The highest BCUT2D eigenvalue weighted by atomic mass is 16.5. The summed E-state index contributed by atoms with van der Waals surface area (Å²) in [4.78, 5) is 11.7. The molecule has 0 aliphatic heterocycles. The van der Waals surface area contributed by atoms with Crippen molar-refractivity contribution in [3.63, 3.8) is 0 Å². The molecule has 124 valence electrons. The molecule has 0 aromatic rings. The molecule has 0 unspecified atom stereocenters. The van der Waals surface area contributed by atoms with Crippen LogP contribution in [-0.4, -0.2) is 36.4 Å².